The van der Waals surface area contributed by atoms with Crippen LogP contribution < -0.4 is 19.9 Å². The van der Waals surface area contributed by atoms with Gasteiger partial charge < -0.3 is 24.6 Å². The van der Waals surface area contributed by atoms with Gasteiger partial charge in [0.05, 0.1) is 29.7 Å². The van der Waals surface area contributed by atoms with Crippen molar-refractivity contribution in [1.29, 1.82) is 0 Å². The average Bonchev–Trinajstić information content (AvgIpc) is 3.16. The van der Waals surface area contributed by atoms with Crippen molar-refractivity contribution in [3.8, 4) is 5.75 Å². The molecule has 3 aromatic rings. The van der Waals surface area contributed by atoms with E-state index >= 15 is 0 Å². The van der Waals surface area contributed by atoms with Gasteiger partial charge in [0.2, 0.25) is 0 Å². The Kier molecular flexibility index (Phi) is 6.53. The Labute approximate surface area is 185 Å². The highest BCUT2D eigenvalue weighted by Crippen LogP contribution is 2.36. The normalized spacial score (nSPS) is 14.2. The number of carbonyl (C=O) groups is 1. The molecular formula is C22H27N5O3S. The van der Waals surface area contributed by atoms with Crippen molar-refractivity contribution in [2.75, 3.05) is 63.4 Å². The molecule has 0 atom stereocenters. The number of aryl methyl sites for hydroxylation is 1. The van der Waals surface area contributed by atoms with E-state index in [-0.39, 0.29) is 5.91 Å². The van der Waals surface area contributed by atoms with Crippen molar-refractivity contribution in [3.05, 3.63) is 41.0 Å². The summed E-state index contributed by atoms with van der Waals surface area (Å²) in [6.45, 7) is 6.31. The Balaban J connectivity index is 1.54. The smallest absolute Gasteiger partial charge is 0.261 e. The summed E-state index contributed by atoms with van der Waals surface area (Å²) in [6, 6.07) is 8.10. The lowest BCUT2D eigenvalue weighted by atomic mass is 10.1. The van der Waals surface area contributed by atoms with Crippen LogP contribution in [-0.4, -0.2) is 69.4 Å². The minimum absolute atomic E-state index is 0.0931. The van der Waals surface area contributed by atoms with Crippen LogP contribution in [-0.2, 0) is 4.74 Å². The molecule has 3 heterocycles. The Morgan fingerprint density at radius 2 is 1.87 bits per heavy atom. The summed E-state index contributed by atoms with van der Waals surface area (Å²) in [5.41, 5.74) is 2.04. The third-order valence-corrected chi connectivity index (χ3v) is 6.71. The van der Waals surface area contributed by atoms with Gasteiger partial charge in [-0.25, -0.2) is 9.97 Å². The van der Waals surface area contributed by atoms with Crippen molar-refractivity contribution in [1.82, 2.24) is 15.3 Å². The zero-order valence-electron chi connectivity index (χ0n) is 18.1. The zero-order chi connectivity index (χ0) is 21.8. The second kappa shape index (κ2) is 9.49. The summed E-state index contributed by atoms with van der Waals surface area (Å²) in [7, 11) is 3.32. The summed E-state index contributed by atoms with van der Waals surface area (Å²) < 4.78 is 10.5. The number of nitrogens with zero attached hydrogens (tertiary/aromatic N) is 4. The van der Waals surface area contributed by atoms with E-state index in [1.165, 1.54) is 11.3 Å². The number of nitrogens with one attached hydrogen (secondary N) is 1. The predicted octanol–water partition coefficient (Wildman–Crippen LogP) is 2.71. The number of methoxy groups -OCH3 is 2. The standard InChI is InChI=1S/C22H27N5O3S/c1-15-18-20(24-14-25-22(18)31-19(15)21(28)23-8-13-29-2)27-11-9-26(10-12-27)16-6-4-5-7-17(16)30-3/h4-7,14H,8-13H2,1-3H3,(H,23,28). The van der Waals surface area contributed by atoms with Crippen LogP contribution in [0.5, 0.6) is 5.75 Å². The highest BCUT2D eigenvalue weighted by atomic mass is 32.1. The molecule has 0 aliphatic carbocycles. The third kappa shape index (κ3) is 4.28. The van der Waals surface area contributed by atoms with Crippen LogP contribution in [0.25, 0.3) is 10.2 Å². The molecule has 2 aromatic heterocycles. The van der Waals surface area contributed by atoms with Crippen LogP contribution in [0.2, 0.25) is 0 Å². The maximum atomic E-state index is 12.6. The largest absolute Gasteiger partial charge is 0.495 e. The number of thiophene rings is 1. The number of carbonyl (C=O) groups excluding carboxylic acids is 1. The average molecular weight is 442 g/mol. The van der Waals surface area contributed by atoms with Gasteiger partial charge in [0.1, 0.15) is 22.7 Å². The van der Waals surface area contributed by atoms with Gasteiger partial charge in [0.25, 0.3) is 5.91 Å². The summed E-state index contributed by atoms with van der Waals surface area (Å²) >= 11 is 1.41. The highest BCUT2D eigenvalue weighted by molar-refractivity contribution is 7.20. The molecule has 0 unspecified atom stereocenters. The van der Waals surface area contributed by atoms with E-state index in [9.17, 15) is 4.79 Å². The number of ether oxygens (including phenoxy) is 2. The molecule has 9 heteroatoms. The van der Waals surface area contributed by atoms with Crippen LogP contribution in [0, 0.1) is 6.92 Å². The molecule has 0 bridgehead atoms. The first kappa shape index (κ1) is 21.3. The molecule has 1 aliphatic heterocycles. The molecule has 1 saturated heterocycles. The fraction of sp³-hybridized carbons (Fsp3) is 0.409. The number of piperazine rings is 1. The first-order chi connectivity index (χ1) is 15.1. The minimum atomic E-state index is -0.0931. The van der Waals surface area contributed by atoms with E-state index in [4.69, 9.17) is 9.47 Å². The van der Waals surface area contributed by atoms with E-state index in [0.29, 0.717) is 18.0 Å². The van der Waals surface area contributed by atoms with Crippen molar-refractivity contribution < 1.29 is 14.3 Å². The number of amides is 1. The second-order valence-electron chi connectivity index (χ2n) is 7.33. The number of fused-ring (bicyclic) bond motifs is 1. The van der Waals surface area contributed by atoms with Gasteiger partial charge in [-0.3, -0.25) is 4.79 Å². The monoisotopic (exact) mass is 441 g/mol. The van der Waals surface area contributed by atoms with Gasteiger partial charge in [0.15, 0.2) is 0 Å². The number of anilines is 2. The summed E-state index contributed by atoms with van der Waals surface area (Å²) in [6.07, 6.45) is 1.59. The summed E-state index contributed by atoms with van der Waals surface area (Å²) in [5, 5.41) is 3.87. The Hall–Kier alpha value is -2.91. The number of rotatable bonds is 7. The topological polar surface area (TPSA) is 79.8 Å². The highest BCUT2D eigenvalue weighted by Gasteiger charge is 2.25. The quantitative estimate of drug-likeness (QED) is 0.565. The van der Waals surface area contributed by atoms with Crippen molar-refractivity contribution in [3.63, 3.8) is 0 Å². The van der Waals surface area contributed by atoms with Crippen molar-refractivity contribution in [2.45, 2.75) is 6.92 Å². The third-order valence-electron chi connectivity index (χ3n) is 5.51. The molecule has 1 aliphatic rings. The Bertz CT molecular complexity index is 1060. The molecular weight excluding hydrogens is 414 g/mol. The van der Waals surface area contributed by atoms with Crippen LogP contribution in [0.1, 0.15) is 15.2 Å². The van der Waals surface area contributed by atoms with Crippen LogP contribution >= 0.6 is 11.3 Å². The lowest BCUT2D eigenvalue weighted by Gasteiger charge is -2.37. The zero-order valence-corrected chi connectivity index (χ0v) is 18.9. The maximum Gasteiger partial charge on any atom is 0.261 e. The van der Waals surface area contributed by atoms with Crippen molar-refractivity contribution >= 4 is 39.0 Å². The van der Waals surface area contributed by atoms with E-state index < -0.39 is 0 Å². The Morgan fingerprint density at radius 3 is 2.61 bits per heavy atom. The maximum absolute atomic E-state index is 12.6. The van der Waals surface area contributed by atoms with Crippen LogP contribution in [0.3, 0.4) is 0 Å². The van der Waals surface area contributed by atoms with Crippen molar-refractivity contribution in [2.24, 2.45) is 0 Å². The van der Waals surface area contributed by atoms with Gasteiger partial charge >= 0.3 is 0 Å². The SMILES string of the molecule is COCCNC(=O)c1sc2ncnc(N3CCN(c4ccccc4OC)CC3)c2c1C. The molecule has 31 heavy (non-hydrogen) atoms. The lowest BCUT2D eigenvalue weighted by Crippen LogP contribution is -2.47. The number of benzene rings is 1. The number of hydrogen-bond acceptors (Lipinski definition) is 8. The van der Waals surface area contributed by atoms with E-state index in [1.807, 2.05) is 25.1 Å². The number of hydrogen-bond donors (Lipinski definition) is 1. The van der Waals surface area contributed by atoms with Gasteiger partial charge in [0, 0.05) is 39.8 Å². The number of aromatic nitrogens is 2. The summed E-state index contributed by atoms with van der Waals surface area (Å²) in [5.74, 6) is 1.69. The van der Waals surface area contributed by atoms with Gasteiger partial charge in [-0.15, -0.1) is 11.3 Å². The van der Waals surface area contributed by atoms with Gasteiger partial charge in [-0.05, 0) is 24.6 Å². The van der Waals surface area contributed by atoms with Crippen LogP contribution in [0.15, 0.2) is 30.6 Å². The van der Waals surface area contributed by atoms with Gasteiger partial charge in [-0.2, -0.15) is 0 Å². The molecule has 1 fully saturated rings. The van der Waals surface area contributed by atoms with Gasteiger partial charge in [-0.1, -0.05) is 12.1 Å². The fourth-order valence-electron chi connectivity index (χ4n) is 3.91. The first-order valence-corrected chi connectivity index (χ1v) is 11.1. The van der Waals surface area contributed by atoms with E-state index in [1.54, 1.807) is 20.5 Å². The lowest BCUT2D eigenvalue weighted by molar-refractivity contribution is 0.0940. The minimum Gasteiger partial charge on any atom is -0.495 e. The number of para-hydroxylation sites is 2. The van der Waals surface area contributed by atoms with E-state index in [2.05, 4.69) is 31.2 Å². The predicted molar refractivity (Wildman–Crippen MR) is 124 cm³/mol. The van der Waals surface area contributed by atoms with Crippen LogP contribution in [0.4, 0.5) is 11.5 Å². The molecule has 8 nitrogen and oxygen atoms in total. The fourth-order valence-corrected chi connectivity index (χ4v) is 4.97. The molecule has 164 valence electrons. The van der Waals surface area contributed by atoms with E-state index in [0.717, 1.165) is 59.2 Å². The Morgan fingerprint density at radius 1 is 1.13 bits per heavy atom. The molecule has 0 radical (unpaired) electrons. The molecule has 1 N–H and O–H groups in total. The molecule has 0 spiro atoms. The first-order valence-electron chi connectivity index (χ1n) is 10.3. The molecule has 4 rings (SSSR count). The summed E-state index contributed by atoms with van der Waals surface area (Å²) in [4.78, 5) is 27.8. The second-order valence-corrected chi connectivity index (χ2v) is 8.33. The molecule has 1 aromatic carbocycles. The molecule has 0 saturated carbocycles. The molecule has 1 amide bonds.